The molecule has 0 saturated carbocycles. The fourth-order valence-corrected chi connectivity index (χ4v) is 6.10. The highest BCUT2D eigenvalue weighted by molar-refractivity contribution is 7.21. The first-order valence-electron chi connectivity index (χ1n) is 11.1. The summed E-state index contributed by atoms with van der Waals surface area (Å²) in [6.45, 7) is 1.43. The molecule has 2 amide bonds. The van der Waals surface area contributed by atoms with Crippen LogP contribution in [0.1, 0.15) is 39.6 Å². The molecule has 164 valence electrons. The Kier molecular flexibility index (Phi) is 5.47. The summed E-state index contributed by atoms with van der Waals surface area (Å²) >= 11 is 1.57. The molecule has 1 aliphatic heterocycles. The molecule has 2 aromatic heterocycles. The van der Waals surface area contributed by atoms with Crippen LogP contribution >= 0.6 is 11.3 Å². The number of amides is 2. The molecule has 6 heteroatoms. The van der Waals surface area contributed by atoms with Crippen LogP contribution in [-0.2, 0) is 11.2 Å². The highest BCUT2D eigenvalue weighted by Gasteiger charge is 2.32. The SMILES string of the molecule is CN(C)C(=O)c1sc2ccccc2c1C1CCN(C(=O)CCc2c[nH]c3ccccc23)C1. The van der Waals surface area contributed by atoms with Gasteiger partial charge in [-0.25, -0.2) is 0 Å². The van der Waals surface area contributed by atoms with Crippen molar-refractivity contribution < 1.29 is 9.59 Å². The molecule has 4 aromatic rings. The molecular formula is C26H27N3O2S. The quantitative estimate of drug-likeness (QED) is 0.468. The number of nitrogens with one attached hydrogen (secondary N) is 1. The minimum atomic E-state index is 0.0466. The van der Waals surface area contributed by atoms with E-state index in [0.29, 0.717) is 13.0 Å². The average Bonchev–Trinajstić information content (AvgIpc) is 3.53. The lowest BCUT2D eigenvalue weighted by atomic mass is 9.95. The van der Waals surface area contributed by atoms with Crippen molar-refractivity contribution in [1.82, 2.24) is 14.8 Å². The minimum absolute atomic E-state index is 0.0466. The molecule has 1 unspecified atom stereocenters. The summed E-state index contributed by atoms with van der Waals surface area (Å²) in [5, 5.41) is 2.34. The Hall–Kier alpha value is -3.12. The molecule has 5 rings (SSSR count). The summed E-state index contributed by atoms with van der Waals surface area (Å²) in [4.78, 5) is 33.7. The lowest BCUT2D eigenvalue weighted by Crippen LogP contribution is -2.29. The molecular weight excluding hydrogens is 418 g/mol. The van der Waals surface area contributed by atoms with Crippen LogP contribution in [0.25, 0.3) is 21.0 Å². The van der Waals surface area contributed by atoms with Gasteiger partial charge in [-0.1, -0.05) is 36.4 Å². The van der Waals surface area contributed by atoms with E-state index < -0.39 is 0 Å². The van der Waals surface area contributed by atoms with E-state index in [1.54, 1.807) is 30.3 Å². The van der Waals surface area contributed by atoms with E-state index in [1.807, 2.05) is 35.4 Å². The Morgan fingerprint density at radius 3 is 2.66 bits per heavy atom. The Labute approximate surface area is 191 Å². The number of aryl methyl sites for hydroxylation is 1. The number of fused-ring (bicyclic) bond motifs is 2. The van der Waals surface area contributed by atoms with Gasteiger partial charge in [0.15, 0.2) is 0 Å². The fraction of sp³-hybridized carbons (Fsp3) is 0.308. The Balaban J connectivity index is 1.33. The number of carbonyl (C=O) groups is 2. The number of nitrogens with zero attached hydrogens (tertiary/aromatic N) is 2. The number of likely N-dealkylation sites (tertiary alicyclic amines) is 1. The van der Waals surface area contributed by atoms with E-state index in [4.69, 9.17) is 0 Å². The zero-order valence-electron chi connectivity index (χ0n) is 18.4. The summed E-state index contributed by atoms with van der Waals surface area (Å²) in [5.74, 6) is 0.435. The van der Waals surface area contributed by atoms with Crippen molar-refractivity contribution in [1.29, 1.82) is 0 Å². The number of H-pyrrole nitrogens is 1. The standard InChI is InChI=1S/C26H27N3O2S/c1-28(2)26(31)25-24(20-8-4-6-10-22(20)32-25)18-13-14-29(16-18)23(30)12-11-17-15-27-21-9-5-3-7-19(17)21/h3-10,15,18,27H,11-14,16H2,1-2H3. The van der Waals surface area contributed by atoms with Crippen molar-refractivity contribution in [3.05, 3.63) is 70.7 Å². The average molecular weight is 446 g/mol. The molecule has 1 atom stereocenters. The molecule has 2 aromatic carbocycles. The van der Waals surface area contributed by atoms with E-state index >= 15 is 0 Å². The normalized spacial score (nSPS) is 16.2. The second-order valence-electron chi connectivity index (χ2n) is 8.73. The van der Waals surface area contributed by atoms with Crippen LogP contribution in [0, 0.1) is 0 Å². The van der Waals surface area contributed by atoms with Gasteiger partial charge >= 0.3 is 0 Å². The predicted octanol–water partition coefficient (Wildman–Crippen LogP) is 5.03. The lowest BCUT2D eigenvalue weighted by Gasteiger charge is -2.18. The number of rotatable bonds is 5. The summed E-state index contributed by atoms with van der Waals surface area (Å²) < 4.78 is 1.14. The van der Waals surface area contributed by atoms with Crippen molar-refractivity contribution in [2.45, 2.75) is 25.2 Å². The first-order valence-corrected chi connectivity index (χ1v) is 11.9. The molecule has 1 N–H and O–H groups in total. The summed E-state index contributed by atoms with van der Waals surface area (Å²) in [7, 11) is 3.59. The molecule has 5 nitrogen and oxygen atoms in total. The van der Waals surface area contributed by atoms with Gasteiger partial charge in [-0.3, -0.25) is 9.59 Å². The first kappa shape index (κ1) is 20.8. The third-order valence-electron chi connectivity index (χ3n) is 6.47. The Morgan fingerprint density at radius 2 is 1.84 bits per heavy atom. The van der Waals surface area contributed by atoms with E-state index in [-0.39, 0.29) is 17.7 Å². The van der Waals surface area contributed by atoms with E-state index in [1.165, 1.54) is 10.9 Å². The van der Waals surface area contributed by atoms with Crippen LogP contribution in [-0.4, -0.2) is 53.8 Å². The molecule has 0 radical (unpaired) electrons. The van der Waals surface area contributed by atoms with Gasteiger partial charge in [0.05, 0.1) is 4.88 Å². The van der Waals surface area contributed by atoms with Gasteiger partial charge in [0.2, 0.25) is 5.91 Å². The topological polar surface area (TPSA) is 56.4 Å². The van der Waals surface area contributed by atoms with Gasteiger partial charge in [-0.2, -0.15) is 0 Å². The van der Waals surface area contributed by atoms with Gasteiger partial charge < -0.3 is 14.8 Å². The number of hydrogen-bond acceptors (Lipinski definition) is 3. The molecule has 0 aliphatic carbocycles. The van der Waals surface area contributed by atoms with Gasteiger partial charge in [0, 0.05) is 61.3 Å². The van der Waals surface area contributed by atoms with Crippen molar-refractivity contribution in [3.8, 4) is 0 Å². The number of para-hydroxylation sites is 1. The molecule has 1 saturated heterocycles. The number of thiophene rings is 1. The zero-order chi connectivity index (χ0) is 22.2. The highest BCUT2D eigenvalue weighted by atomic mass is 32.1. The Morgan fingerprint density at radius 1 is 1.09 bits per heavy atom. The second kappa shape index (κ2) is 8.43. The minimum Gasteiger partial charge on any atom is -0.361 e. The van der Waals surface area contributed by atoms with Crippen LogP contribution in [0.15, 0.2) is 54.7 Å². The molecule has 0 spiro atoms. The zero-order valence-corrected chi connectivity index (χ0v) is 19.2. The van der Waals surface area contributed by atoms with Gasteiger partial charge in [-0.15, -0.1) is 11.3 Å². The molecule has 32 heavy (non-hydrogen) atoms. The van der Waals surface area contributed by atoms with Crippen LogP contribution in [0.4, 0.5) is 0 Å². The van der Waals surface area contributed by atoms with Gasteiger partial charge in [0.1, 0.15) is 0 Å². The Bertz CT molecular complexity index is 1300. The van der Waals surface area contributed by atoms with Gasteiger partial charge in [-0.05, 0) is 41.5 Å². The summed E-state index contributed by atoms with van der Waals surface area (Å²) in [5.41, 5.74) is 3.42. The number of hydrogen-bond donors (Lipinski definition) is 1. The first-order chi connectivity index (χ1) is 15.5. The maximum atomic E-state index is 13.0. The van der Waals surface area contributed by atoms with Gasteiger partial charge in [0.25, 0.3) is 5.91 Å². The van der Waals surface area contributed by atoms with Crippen molar-refractivity contribution in [2.24, 2.45) is 0 Å². The number of carbonyl (C=O) groups excluding carboxylic acids is 2. The maximum absolute atomic E-state index is 13.0. The number of benzene rings is 2. The molecule has 0 bridgehead atoms. The third kappa shape index (κ3) is 3.69. The van der Waals surface area contributed by atoms with Crippen LogP contribution < -0.4 is 0 Å². The fourth-order valence-electron chi connectivity index (χ4n) is 4.79. The van der Waals surface area contributed by atoms with Crippen molar-refractivity contribution in [2.75, 3.05) is 27.2 Å². The van der Waals surface area contributed by atoms with E-state index in [0.717, 1.165) is 45.4 Å². The third-order valence-corrected chi connectivity index (χ3v) is 7.64. The maximum Gasteiger partial charge on any atom is 0.263 e. The summed E-state index contributed by atoms with van der Waals surface area (Å²) in [6.07, 6.45) is 4.15. The second-order valence-corrected chi connectivity index (χ2v) is 9.78. The highest BCUT2D eigenvalue weighted by Crippen LogP contribution is 2.40. The largest absolute Gasteiger partial charge is 0.361 e. The molecule has 3 heterocycles. The smallest absolute Gasteiger partial charge is 0.263 e. The van der Waals surface area contributed by atoms with Crippen LogP contribution in [0.5, 0.6) is 0 Å². The summed E-state index contributed by atoms with van der Waals surface area (Å²) in [6, 6.07) is 16.4. The predicted molar refractivity (Wildman–Crippen MR) is 130 cm³/mol. The molecule has 1 aliphatic rings. The lowest BCUT2D eigenvalue weighted by molar-refractivity contribution is -0.130. The monoisotopic (exact) mass is 445 g/mol. The van der Waals surface area contributed by atoms with Crippen molar-refractivity contribution in [3.63, 3.8) is 0 Å². The molecule has 1 fully saturated rings. The van der Waals surface area contributed by atoms with Crippen LogP contribution in [0.2, 0.25) is 0 Å². The van der Waals surface area contributed by atoms with E-state index in [9.17, 15) is 9.59 Å². The number of aromatic amines is 1. The van der Waals surface area contributed by atoms with Crippen molar-refractivity contribution >= 4 is 44.1 Å². The number of aromatic nitrogens is 1. The van der Waals surface area contributed by atoms with E-state index in [2.05, 4.69) is 29.2 Å². The van der Waals surface area contributed by atoms with Crippen LogP contribution in [0.3, 0.4) is 0 Å².